The van der Waals surface area contributed by atoms with Gasteiger partial charge in [0.2, 0.25) is 0 Å². The molecule has 0 aliphatic carbocycles. The van der Waals surface area contributed by atoms with Crippen LogP contribution < -0.4 is 0 Å². The number of thiol groups is 1. The van der Waals surface area contributed by atoms with Gasteiger partial charge in [0, 0.05) is 12.0 Å². The van der Waals surface area contributed by atoms with Crippen LogP contribution in [-0.2, 0) is 8.85 Å². The van der Waals surface area contributed by atoms with E-state index in [4.69, 9.17) is 8.85 Å². The zero-order valence-electron chi connectivity index (χ0n) is 6.63. The van der Waals surface area contributed by atoms with Gasteiger partial charge in [0.05, 0.1) is 5.76 Å². The van der Waals surface area contributed by atoms with E-state index in [0.717, 1.165) is 12.4 Å². The first-order valence-electron chi connectivity index (χ1n) is 3.30. The Balaban J connectivity index is 3.47. The van der Waals surface area contributed by atoms with Gasteiger partial charge in [0.1, 0.15) is 0 Å². The number of rotatable bonds is 4. The Labute approximate surface area is 69.5 Å². The molecular formula is C6H14O2SSi. The normalized spacial score (nSPS) is 15.0. The summed E-state index contributed by atoms with van der Waals surface area (Å²) in [5.74, 6) is 0.830. The second-order valence-electron chi connectivity index (χ2n) is 1.88. The molecule has 0 bridgehead atoms. The maximum Gasteiger partial charge on any atom is 0.378 e. The molecule has 60 valence electrons. The third-order valence-electron chi connectivity index (χ3n) is 0.935. The molecule has 4 heteroatoms. The molecule has 0 aliphatic heterocycles. The minimum Gasteiger partial charge on any atom is -0.526 e. The minimum atomic E-state index is -1.39. The van der Waals surface area contributed by atoms with Gasteiger partial charge >= 0.3 is 9.28 Å². The van der Waals surface area contributed by atoms with E-state index in [1.54, 1.807) is 5.41 Å². The van der Waals surface area contributed by atoms with Crippen molar-refractivity contribution in [1.29, 1.82) is 0 Å². The average molecular weight is 178 g/mol. The summed E-state index contributed by atoms with van der Waals surface area (Å²) >= 11 is 3.94. The van der Waals surface area contributed by atoms with Gasteiger partial charge in [-0.1, -0.05) is 0 Å². The Morgan fingerprint density at radius 2 is 2.30 bits per heavy atom. The average Bonchev–Trinajstić information content (AvgIpc) is 1.88. The highest BCUT2D eigenvalue weighted by Gasteiger charge is 2.04. The van der Waals surface area contributed by atoms with E-state index in [1.807, 2.05) is 20.4 Å². The summed E-state index contributed by atoms with van der Waals surface area (Å²) < 4.78 is 10.6. The van der Waals surface area contributed by atoms with E-state index in [1.165, 1.54) is 0 Å². The van der Waals surface area contributed by atoms with Crippen LogP contribution in [0.15, 0.2) is 11.2 Å². The second kappa shape index (κ2) is 5.82. The summed E-state index contributed by atoms with van der Waals surface area (Å²) in [6.45, 7) is 6.56. The Kier molecular flexibility index (Phi) is 5.86. The molecule has 0 fully saturated rings. The lowest BCUT2D eigenvalue weighted by molar-refractivity contribution is 0.254. The van der Waals surface area contributed by atoms with Gasteiger partial charge in [-0.2, -0.15) is 0 Å². The molecule has 0 heterocycles. The second-order valence-corrected chi connectivity index (χ2v) is 3.84. The third kappa shape index (κ3) is 4.90. The van der Waals surface area contributed by atoms with E-state index in [0.29, 0.717) is 0 Å². The summed E-state index contributed by atoms with van der Waals surface area (Å²) in [4.78, 5) is 0. The van der Waals surface area contributed by atoms with Crippen molar-refractivity contribution in [2.75, 3.05) is 6.61 Å². The zero-order chi connectivity index (χ0) is 7.98. The molecule has 0 aromatic carbocycles. The fraction of sp³-hybridized carbons (Fsp3) is 0.667. The zero-order valence-corrected chi connectivity index (χ0v) is 8.67. The molecule has 1 unspecified atom stereocenters. The predicted molar refractivity (Wildman–Crippen MR) is 48.5 cm³/mol. The van der Waals surface area contributed by atoms with Crippen LogP contribution in [0.1, 0.15) is 13.8 Å². The molecule has 2 nitrogen and oxygen atoms in total. The Hall–Kier alpha value is 0.0669. The molecule has 0 spiro atoms. The SMILES string of the molecule is CCO[SiH](C)OC(C)=CS. The van der Waals surface area contributed by atoms with Crippen LogP contribution in [0.25, 0.3) is 0 Å². The predicted octanol–water partition coefficient (Wildman–Crippen LogP) is 1.68. The van der Waals surface area contributed by atoms with Crippen molar-refractivity contribution in [3.63, 3.8) is 0 Å². The summed E-state index contributed by atoms with van der Waals surface area (Å²) in [5, 5.41) is 1.64. The first-order valence-corrected chi connectivity index (χ1v) is 5.91. The lowest BCUT2D eigenvalue weighted by atomic mass is 10.7. The van der Waals surface area contributed by atoms with Crippen LogP contribution in [-0.4, -0.2) is 15.9 Å². The highest BCUT2D eigenvalue weighted by atomic mass is 32.1. The van der Waals surface area contributed by atoms with E-state index < -0.39 is 9.28 Å². The topological polar surface area (TPSA) is 18.5 Å². The van der Waals surface area contributed by atoms with Crippen molar-refractivity contribution < 1.29 is 8.85 Å². The Morgan fingerprint density at radius 1 is 1.70 bits per heavy atom. The van der Waals surface area contributed by atoms with Crippen molar-refractivity contribution in [3.05, 3.63) is 11.2 Å². The largest absolute Gasteiger partial charge is 0.526 e. The molecule has 0 aromatic heterocycles. The fourth-order valence-electron chi connectivity index (χ4n) is 0.561. The van der Waals surface area contributed by atoms with E-state index in [2.05, 4.69) is 12.6 Å². The van der Waals surface area contributed by atoms with Gasteiger partial charge in [-0.05, 0) is 20.4 Å². The molecule has 0 radical (unpaired) electrons. The highest BCUT2D eigenvalue weighted by Crippen LogP contribution is 2.00. The molecule has 0 amide bonds. The van der Waals surface area contributed by atoms with Crippen molar-refractivity contribution in [2.45, 2.75) is 20.4 Å². The molecule has 0 saturated heterocycles. The summed E-state index contributed by atoms with van der Waals surface area (Å²) in [5.41, 5.74) is 0. The monoisotopic (exact) mass is 178 g/mol. The third-order valence-corrected chi connectivity index (χ3v) is 2.81. The van der Waals surface area contributed by atoms with Crippen LogP contribution in [0, 0.1) is 0 Å². The molecule has 0 aromatic rings. The van der Waals surface area contributed by atoms with Gasteiger partial charge in [-0.3, -0.25) is 0 Å². The summed E-state index contributed by atoms with van der Waals surface area (Å²) in [6.07, 6.45) is 0. The van der Waals surface area contributed by atoms with Crippen molar-refractivity contribution in [3.8, 4) is 0 Å². The lowest BCUT2D eigenvalue weighted by Gasteiger charge is -2.11. The molecule has 0 rings (SSSR count). The standard InChI is InChI=1S/C6H14O2SSi/c1-4-7-10(3)8-6(2)5-9/h5,9-10H,4H2,1-3H3. The quantitative estimate of drug-likeness (QED) is 0.401. The number of hydrogen-bond donors (Lipinski definition) is 1. The fourth-order valence-corrected chi connectivity index (χ4v) is 1.87. The minimum absolute atomic E-state index is 0.729. The van der Waals surface area contributed by atoms with Crippen molar-refractivity contribution in [2.24, 2.45) is 0 Å². The van der Waals surface area contributed by atoms with Crippen LogP contribution >= 0.6 is 12.6 Å². The van der Waals surface area contributed by atoms with Gasteiger partial charge in [0.25, 0.3) is 0 Å². The van der Waals surface area contributed by atoms with E-state index in [-0.39, 0.29) is 0 Å². The maximum absolute atomic E-state index is 5.34. The highest BCUT2D eigenvalue weighted by molar-refractivity contribution is 7.83. The molecular weight excluding hydrogens is 164 g/mol. The van der Waals surface area contributed by atoms with Gasteiger partial charge < -0.3 is 8.85 Å². The van der Waals surface area contributed by atoms with E-state index >= 15 is 0 Å². The van der Waals surface area contributed by atoms with Gasteiger partial charge in [-0.15, -0.1) is 12.6 Å². The number of hydrogen-bond acceptors (Lipinski definition) is 3. The first-order chi connectivity index (χ1) is 4.70. The van der Waals surface area contributed by atoms with Crippen molar-refractivity contribution >= 4 is 21.9 Å². The molecule has 1 atom stereocenters. The van der Waals surface area contributed by atoms with Crippen LogP contribution in [0.4, 0.5) is 0 Å². The van der Waals surface area contributed by atoms with Crippen LogP contribution in [0.5, 0.6) is 0 Å². The molecule has 0 saturated carbocycles. The van der Waals surface area contributed by atoms with Crippen LogP contribution in [0.3, 0.4) is 0 Å². The molecule has 0 N–H and O–H groups in total. The molecule has 10 heavy (non-hydrogen) atoms. The molecule has 0 aliphatic rings. The van der Waals surface area contributed by atoms with Gasteiger partial charge in [0.15, 0.2) is 0 Å². The lowest BCUT2D eigenvalue weighted by Crippen LogP contribution is -2.17. The number of allylic oxidation sites excluding steroid dienone is 1. The smallest absolute Gasteiger partial charge is 0.378 e. The maximum atomic E-state index is 5.34. The summed E-state index contributed by atoms with van der Waals surface area (Å²) in [6, 6.07) is 0. The Morgan fingerprint density at radius 3 is 2.70 bits per heavy atom. The summed E-state index contributed by atoms with van der Waals surface area (Å²) in [7, 11) is -1.39. The van der Waals surface area contributed by atoms with Crippen molar-refractivity contribution in [1.82, 2.24) is 0 Å². The van der Waals surface area contributed by atoms with Crippen LogP contribution in [0.2, 0.25) is 6.55 Å². The van der Waals surface area contributed by atoms with Gasteiger partial charge in [-0.25, -0.2) is 0 Å². The van der Waals surface area contributed by atoms with E-state index in [9.17, 15) is 0 Å². The Bertz CT molecular complexity index is 116. The first kappa shape index (κ1) is 10.1.